The fraction of sp³-hybridized carbons (Fsp3) is 0.538. The predicted octanol–water partition coefficient (Wildman–Crippen LogP) is 2.65. The highest BCUT2D eigenvalue weighted by atomic mass is 35.5. The molecule has 0 spiro atoms. The molecule has 0 saturated carbocycles. The number of halogens is 1. The molecule has 3 nitrogen and oxygen atoms in total. The lowest BCUT2D eigenvalue weighted by molar-refractivity contribution is 0.0909. The second-order valence-corrected chi connectivity index (χ2v) is 4.70. The van der Waals surface area contributed by atoms with Gasteiger partial charge in [-0.25, -0.2) is 0 Å². The molecule has 4 heteroatoms. The number of benzene rings is 1. The van der Waals surface area contributed by atoms with Crippen molar-refractivity contribution in [2.75, 3.05) is 27.3 Å². The Hall–Kier alpha value is -0.770. The van der Waals surface area contributed by atoms with Gasteiger partial charge in [0.15, 0.2) is 0 Å². The number of hydrogen-bond acceptors (Lipinski definition) is 3. The van der Waals surface area contributed by atoms with Crippen LogP contribution in [0.3, 0.4) is 0 Å². The topological polar surface area (TPSA) is 30.5 Å². The van der Waals surface area contributed by atoms with E-state index >= 15 is 0 Å². The molecule has 2 rings (SSSR count). The predicted molar refractivity (Wildman–Crippen MR) is 68.7 cm³/mol. The van der Waals surface area contributed by atoms with Crippen molar-refractivity contribution in [3.63, 3.8) is 0 Å². The molecule has 1 aromatic carbocycles. The molecule has 17 heavy (non-hydrogen) atoms. The molecule has 1 heterocycles. The first-order chi connectivity index (χ1) is 8.26. The van der Waals surface area contributed by atoms with Gasteiger partial charge in [-0.05, 0) is 31.2 Å². The maximum Gasteiger partial charge on any atom is 0.137 e. The van der Waals surface area contributed by atoms with Crippen LogP contribution in [0, 0.1) is 5.92 Å². The summed E-state index contributed by atoms with van der Waals surface area (Å²) in [6.07, 6.45) is 1.24. The Labute approximate surface area is 107 Å². The van der Waals surface area contributed by atoms with Crippen molar-refractivity contribution in [2.24, 2.45) is 5.92 Å². The Bertz CT molecular complexity index is 384. The lowest BCUT2D eigenvalue weighted by Crippen LogP contribution is -2.21. The second-order valence-electron chi connectivity index (χ2n) is 4.29. The van der Waals surface area contributed by atoms with Gasteiger partial charge in [0.05, 0.1) is 18.2 Å². The molecule has 1 fully saturated rings. The van der Waals surface area contributed by atoms with Crippen molar-refractivity contribution in [2.45, 2.75) is 12.5 Å². The molecular weight excluding hydrogens is 238 g/mol. The van der Waals surface area contributed by atoms with E-state index in [0.717, 1.165) is 25.1 Å². The van der Waals surface area contributed by atoms with Gasteiger partial charge in [0, 0.05) is 19.1 Å². The summed E-state index contributed by atoms with van der Waals surface area (Å²) >= 11 is 6.14. The Morgan fingerprint density at radius 2 is 2.35 bits per heavy atom. The van der Waals surface area contributed by atoms with E-state index in [9.17, 15) is 0 Å². The van der Waals surface area contributed by atoms with E-state index < -0.39 is 0 Å². The molecule has 2 atom stereocenters. The van der Waals surface area contributed by atoms with Crippen molar-refractivity contribution in [1.29, 1.82) is 0 Å². The highest BCUT2D eigenvalue weighted by Gasteiger charge is 2.29. The lowest BCUT2D eigenvalue weighted by Gasteiger charge is -2.19. The zero-order chi connectivity index (χ0) is 12.3. The van der Waals surface area contributed by atoms with Crippen LogP contribution >= 0.6 is 11.6 Å². The highest BCUT2D eigenvalue weighted by molar-refractivity contribution is 6.32. The summed E-state index contributed by atoms with van der Waals surface area (Å²) in [4.78, 5) is 0. The van der Waals surface area contributed by atoms with E-state index in [1.165, 1.54) is 0 Å². The molecule has 1 N–H and O–H groups in total. The number of ether oxygens (including phenoxy) is 2. The van der Waals surface area contributed by atoms with Gasteiger partial charge >= 0.3 is 0 Å². The van der Waals surface area contributed by atoms with Gasteiger partial charge < -0.3 is 14.8 Å². The van der Waals surface area contributed by atoms with Crippen LogP contribution in [0.5, 0.6) is 5.75 Å². The van der Waals surface area contributed by atoms with Crippen LogP contribution in [-0.4, -0.2) is 27.3 Å². The highest BCUT2D eigenvalue weighted by Crippen LogP contribution is 2.37. The third-order valence-corrected chi connectivity index (χ3v) is 3.48. The SMILES string of the molecule is CNCC1CCOC1c1ccc(OC)c(Cl)c1. The first-order valence-corrected chi connectivity index (χ1v) is 6.23. The zero-order valence-electron chi connectivity index (χ0n) is 10.2. The zero-order valence-corrected chi connectivity index (χ0v) is 11.0. The quantitative estimate of drug-likeness (QED) is 0.897. The fourth-order valence-corrected chi connectivity index (χ4v) is 2.60. The van der Waals surface area contributed by atoms with Gasteiger partial charge in [0.2, 0.25) is 0 Å². The Balaban J connectivity index is 2.18. The van der Waals surface area contributed by atoms with Gasteiger partial charge in [-0.2, -0.15) is 0 Å². The Kier molecular flexibility index (Phi) is 4.26. The number of nitrogens with one attached hydrogen (secondary N) is 1. The third-order valence-electron chi connectivity index (χ3n) is 3.18. The van der Waals surface area contributed by atoms with Gasteiger partial charge in [0.25, 0.3) is 0 Å². The van der Waals surface area contributed by atoms with E-state index in [1.54, 1.807) is 7.11 Å². The van der Waals surface area contributed by atoms with Crippen molar-refractivity contribution >= 4 is 11.6 Å². The molecule has 94 valence electrons. The van der Waals surface area contributed by atoms with Crippen LogP contribution in [0.4, 0.5) is 0 Å². The molecule has 1 aliphatic heterocycles. The summed E-state index contributed by atoms with van der Waals surface area (Å²) in [6.45, 7) is 1.79. The van der Waals surface area contributed by atoms with Crippen LogP contribution in [0.25, 0.3) is 0 Å². The van der Waals surface area contributed by atoms with Gasteiger partial charge in [-0.1, -0.05) is 17.7 Å². The largest absolute Gasteiger partial charge is 0.495 e. The molecule has 2 unspecified atom stereocenters. The fourth-order valence-electron chi connectivity index (χ4n) is 2.33. The van der Waals surface area contributed by atoms with E-state index in [-0.39, 0.29) is 6.10 Å². The van der Waals surface area contributed by atoms with E-state index in [4.69, 9.17) is 21.1 Å². The van der Waals surface area contributed by atoms with E-state index in [2.05, 4.69) is 5.32 Å². The van der Waals surface area contributed by atoms with Crippen LogP contribution < -0.4 is 10.1 Å². The van der Waals surface area contributed by atoms with Crippen molar-refractivity contribution in [3.05, 3.63) is 28.8 Å². The van der Waals surface area contributed by atoms with Crippen LogP contribution in [0.1, 0.15) is 18.1 Å². The molecular formula is C13H18ClNO2. The molecule has 0 aliphatic carbocycles. The summed E-state index contributed by atoms with van der Waals surface area (Å²) in [7, 11) is 3.59. The Morgan fingerprint density at radius 1 is 1.53 bits per heavy atom. The molecule has 0 bridgehead atoms. The van der Waals surface area contributed by atoms with Gasteiger partial charge in [-0.15, -0.1) is 0 Å². The average molecular weight is 256 g/mol. The lowest BCUT2D eigenvalue weighted by atomic mass is 9.95. The minimum Gasteiger partial charge on any atom is -0.495 e. The second kappa shape index (κ2) is 5.71. The standard InChI is InChI=1S/C13H18ClNO2/c1-15-8-10-5-6-17-13(10)9-3-4-12(16-2)11(14)7-9/h3-4,7,10,13,15H,5-6,8H2,1-2H3. The molecule has 1 aromatic rings. The number of methoxy groups -OCH3 is 1. The monoisotopic (exact) mass is 255 g/mol. The molecule has 1 aliphatic rings. The Morgan fingerprint density at radius 3 is 3.00 bits per heavy atom. The molecule has 0 amide bonds. The van der Waals surface area contributed by atoms with E-state index in [0.29, 0.717) is 16.7 Å². The normalized spacial score (nSPS) is 23.9. The van der Waals surface area contributed by atoms with Crippen LogP contribution in [0.2, 0.25) is 5.02 Å². The minimum atomic E-state index is 0.144. The van der Waals surface area contributed by atoms with Crippen LogP contribution in [-0.2, 0) is 4.74 Å². The smallest absolute Gasteiger partial charge is 0.137 e. The number of rotatable bonds is 4. The van der Waals surface area contributed by atoms with Gasteiger partial charge in [-0.3, -0.25) is 0 Å². The maximum atomic E-state index is 6.14. The van der Waals surface area contributed by atoms with Gasteiger partial charge in [0.1, 0.15) is 5.75 Å². The van der Waals surface area contributed by atoms with Crippen LogP contribution in [0.15, 0.2) is 18.2 Å². The summed E-state index contributed by atoms with van der Waals surface area (Å²) in [5, 5.41) is 3.85. The average Bonchev–Trinajstić information content (AvgIpc) is 2.78. The third kappa shape index (κ3) is 2.73. The molecule has 0 aromatic heterocycles. The maximum absolute atomic E-state index is 6.14. The first kappa shape index (κ1) is 12.7. The summed E-state index contributed by atoms with van der Waals surface area (Å²) in [5.41, 5.74) is 1.13. The number of hydrogen-bond donors (Lipinski definition) is 1. The van der Waals surface area contributed by atoms with Crippen molar-refractivity contribution in [1.82, 2.24) is 5.32 Å². The molecule has 0 radical (unpaired) electrons. The minimum absolute atomic E-state index is 0.144. The van der Waals surface area contributed by atoms with Crippen molar-refractivity contribution in [3.8, 4) is 5.75 Å². The van der Waals surface area contributed by atoms with E-state index in [1.807, 2.05) is 25.2 Å². The summed E-state index contributed by atoms with van der Waals surface area (Å²) in [6, 6.07) is 5.87. The summed E-state index contributed by atoms with van der Waals surface area (Å²) < 4.78 is 10.9. The first-order valence-electron chi connectivity index (χ1n) is 5.86. The van der Waals surface area contributed by atoms with Crippen molar-refractivity contribution < 1.29 is 9.47 Å². The summed E-state index contributed by atoms with van der Waals surface area (Å²) in [5.74, 6) is 1.23. The molecule has 1 saturated heterocycles.